The van der Waals surface area contributed by atoms with Gasteiger partial charge in [0.05, 0.1) is 24.3 Å². The van der Waals surface area contributed by atoms with E-state index in [-0.39, 0.29) is 12.4 Å². The topological polar surface area (TPSA) is 103 Å². The van der Waals surface area contributed by atoms with E-state index >= 15 is 0 Å². The molecule has 24 heavy (non-hydrogen) atoms. The van der Waals surface area contributed by atoms with E-state index in [1.807, 2.05) is 0 Å². The molecular formula is C18H20N2O4. The van der Waals surface area contributed by atoms with Crippen molar-refractivity contribution >= 4 is 5.78 Å². The fraction of sp³-hybridized carbons (Fsp3) is 0.444. The molecule has 2 unspecified atom stereocenters. The van der Waals surface area contributed by atoms with Gasteiger partial charge in [-0.3, -0.25) is 4.79 Å². The number of aliphatic hydroxyl groups is 2. The molecule has 0 radical (unpaired) electrons. The van der Waals surface area contributed by atoms with Crippen molar-refractivity contribution in [1.82, 2.24) is 5.32 Å². The molecule has 1 heterocycles. The number of ether oxygens (including phenoxy) is 1. The molecule has 1 aliphatic carbocycles. The number of ketones is 1. The molecule has 0 aromatic heterocycles. The molecule has 6 heteroatoms. The van der Waals surface area contributed by atoms with E-state index in [9.17, 15) is 15.0 Å². The first-order valence-electron chi connectivity index (χ1n) is 7.91. The summed E-state index contributed by atoms with van der Waals surface area (Å²) in [5, 5.41) is 32.5. The van der Waals surface area contributed by atoms with Crippen LogP contribution >= 0.6 is 0 Å². The highest BCUT2D eigenvalue weighted by atomic mass is 16.5. The zero-order chi connectivity index (χ0) is 17.5. The minimum absolute atomic E-state index is 0.0770. The van der Waals surface area contributed by atoms with Crippen LogP contribution in [-0.2, 0) is 4.79 Å². The van der Waals surface area contributed by atoms with Crippen molar-refractivity contribution in [2.45, 2.75) is 44.4 Å². The number of carbonyl (C=O) groups excluding carboxylic acids is 1. The van der Waals surface area contributed by atoms with Gasteiger partial charge in [0, 0.05) is 23.3 Å². The van der Waals surface area contributed by atoms with Crippen LogP contribution in [-0.4, -0.2) is 34.3 Å². The lowest BCUT2D eigenvalue weighted by Crippen LogP contribution is -2.52. The predicted molar refractivity (Wildman–Crippen MR) is 86.1 cm³/mol. The van der Waals surface area contributed by atoms with Crippen molar-refractivity contribution in [3.8, 4) is 11.8 Å². The second kappa shape index (κ2) is 5.93. The summed E-state index contributed by atoms with van der Waals surface area (Å²) in [6.45, 7) is 3.25. The van der Waals surface area contributed by atoms with Crippen LogP contribution in [0.1, 0.15) is 43.9 Å². The average molecular weight is 328 g/mol. The summed E-state index contributed by atoms with van der Waals surface area (Å²) >= 11 is 0. The summed E-state index contributed by atoms with van der Waals surface area (Å²) in [7, 11) is 0. The van der Waals surface area contributed by atoms with Gasteiger partial charge < -0.3 is 20.3 Å². The van der Waals surface area contributed by atoms with Gasteiger partial charge in [-0.2, -0.15) is 5.26 Å². The quantitative estimate of drug-likeness (QED) is 0.773. The molecule has 6 nitrogen and oxygen atoms in total. The zero-order valence-corrected chi connectivity index (χ0v) is 13.7. The summed E-state index contributed by atoms with van der Waals surface area (Å²) in [5.74, 6) is 0.518. The molecule has 1 aliphatic heterocycles. The second-order valence-electron chi connectivity index (χ2n) is 6.68. The van der Waals surface area contributed by atoms with Crippen molar-refractivity contribution in [3.05, 3.63) is 40.6 Å². The molecule has 0 saturated heterocycles. The summed E-state index contributed by atoms with van der Waals surface area (Å²) in [6.07, 6.45) is -0.0273. The molecule has 0 amide bonds. The van der Waals surface area contributed by atoms with Crippen molar-refractivity contribution in [2.75, 3.05) is 6.61 Å². The SMILES string of the molecule is CC1(C)Oc2ccc(C#N)cc2C(NC2=C(CO)C(=O)CC2)C1O. The summed E-state index contributed by atoms with van der Waals surface area (Å²) in [6, 6.07) is 6.62. The summed E-state index contributed by atoms with van der Waals surface area (Å²) in [5.41, 5.74) is 1.32. The van der Waals surface area contributed by atoms with E-state index in [0.717, 1.165) is 0 Å². The minimum Gasteiger partial charge on any atom is -0.485 e. The molecule has 3 rings (SSSR count). The Morgan fingerprint density at radius 2 is 2.17 bits per heavy atom. The number of nitrogens with one attached hydrogen (secondary N) is 1. The maximum Gasteiger partial charge on any atom is 0.163 e. The molecule has 126 valence electrons. The molecule has 0 bridgehead atoms. The van der Waals surface area contributed by atoms with Gasteiger partial charge in [-0.1, -0.05) is 0 Å². The largest absolute Gasteiger partial charge is 0.485 e. The van der Waals surface area contributed by atoms with Gasteiger partial charge in [-0.05, 0) is 38.5 Å². The number of nitrogens with zero attached hydrogens (tertiary/aromatic N) is 1. The summed E-state index contributed by atoms with van der Waals surface area (Å²) < 4.78 is 5.87. The first-order valence-corrected chi connectivity index (χ1v) is 7.91. The smallest absolute Gasteiger partial charge is 0.163 e. The molecule has 0 saturated carbocycles. The van der Waals surface area contributed by atoms with Gasteiger partial charge in [-0.15, -0.1) is 0 Å². The van der Waals surface area contributed by atoms with E-state index in [4.69, 9.17) is 10.00 Å². The molecule has 0 fully saturated rings. The number of rotatable bonds is 3. The van der Waals surface area contributed by atoms with Gasteiger partial charge in [0.15, 0.2) is 5.78 Å². The molecule has 2 aliphatic rings. The third kappa shape index (κ3) is 2.66. The highest BCUT2D eigenvalue weighted by molar-refractivity contribution is 5.98. The maximum atomic E-state index is 11.8. The fourth-order valence-electron chi connectivity index (χ4n) is 3.27. The van der Waals surface area contributed by atoms with Crippen LogP contribution < -0.4 is 10.1 Å². The van der Waals surface area contributed by atoms with E-state index in [1.165, 1.54) is 0 Å². The molecular weight excluding hydrogens is 308 g/mol. The van der Waals surface area contributed by atoms with Gasteiger partial charge >= 0.3 is 0 Å². The highest BCUT2D eigenvalue weighted by Gasteiger charge is 2.43. The zero-order valence-electron chi connectivity index (χ0n) is 13.7. The number of hydrogen-bond donors (Lipinski definition) is 3. The standard InChI is InChI=1S/C18H20N2O4/c1-18(2)17(23)16(20-13-4-5-14(22)12(13)9-21)11-7-10(8-19)3-6-15(11)24-18/h3,6-7,16-17,20-21,23H,4-5,9H2,1-2H3. The molecule has 0 spiro atoms. The lowest BCUT2D eigenvalue weighted by molar-refractivity contribution is -0.115. The van der Waals surface area contributed by atoms with E-state index in [0.29, 0.717) is 41.0 Å². The van der Waals surface area contributed by atoms with Crippen LogP contribution in [0.5, 0.6) is 5.75 Å². The third-order valence-corrected chi connectivity index (χ3v) is 4.67. The van der Waals surface area contributed by atoms with Crippen LogP contribution in [0.25, 0.3) is 0 Å². The van der Waals surface area contributed by atoms with Crippen molar-refractivity contribution in [3.63, 3.8) is 0 Å². The lowest BCUT2D eigenvalue weighted by Gasteiger charge is -2.43. The number of Topliss-reactive ketones (excluding diaryl/α,β-unsaturated/α-hetero) is 1. The number of carbonyl (C=O) groups is 1. The van der Waals surface area contributed by atoms with Crippen LogP contribution in [0, 0.1) is 11.3 Å². The fourth-order valence-corrected chi connectivity index (χ4v) is 3.27. The first-order chi connectivity index (χ1) is 11.4. The number of allylic oxidation sites excluding steroid dienone is 1. The van der Waals surface area contributed by atoms with E-state index < -0.39 is 17.7 Å². The Hall–Kier alpha value is -2.36. The number of aliphatic hydroxyl groups excluding tert-OH is 2. The summed E-state index contributed by atoms with van der Waals surface area (Å²) in [4.78, 5) is 11.8. The minimum atomic E-state index is -0.887. The molecule has 2 atom stereocenters. The van der Waals surface area contributed by atoms with Crippen molar-refractivity contribution < 1.29 is 19.7 Å². The number of fused-ring (bicyclic) bond motifs is 1. The lowest BCUT2D eigenvalue weighted by atomic mass is 9.85. The van der Waals surface area contributed by atoms with Crippen molar-refractivity contribution in [1.29, 1.82) is 5.26 Å². The van der Waals surface area contributed by atoms with E-state index in [2.05, 4.69) is 11.4 Å². The number of nitriles is 1. The third-order valence-electron chi connectivity index (χ3n) is 4.67. The monoisotopic (exact) mass is 328 g/mol. The first kappa shape index (κ1) is 16.5. The maximum absolute atomic E-state index is 11.8. The van der Waals surface area contributed by atoms with Crippen LogP contribution in [0.2, 0.25) is 0 Å². The van der Waals surface area contributed by atoms with Crippen molar-refractivity contribution in [2.24, 2.45) is 0 Å². The Kier molecular flexibility index (Phi) is 4.08. The normalized spacial score (nSPS) is 25.0. The highest BCUT2D eigenvalue weighted by Crippen LogP contribution is 2.41. The second-order valence-corrected chi connectivity index (χ2v) is 6.68. The Balaban J connectivity index is 2.04. The Labute approximate surface area is 140 Å². The van der Waals surface area contributed by atoms with Crippen LogP contribution in [0.3, 0.4) is 0 Å². The van der Waals surface area contributed by atoms with Gasteiger partial charge in [-0.25, -0.2) is 0 Å². The van der Waals surface area contributed by atoms with Crippen LogP contribution in [0.4, 0.5) is 0 Å². The predicted octanol–water partition coefficient (Wildman–Crippen LogP) is 1.33. The number of benzene rings is 1. The van der Waals surface area contributed by atoms with Gasteiger partial charge in [0.25, 0.3) is 0 Å². The van der Waals surface area contributed by atoms with E-state index in [1.54, 1.807) is 32.0 Å². The molecule has 1 aromatic rings. The number of hydrogen-bond acceptors (Lipinski definition) is 6. The molecule has 1 aromatic carbocycles. The Bertz CT molecular complexity index is 761. The van der Waals surface area contributed by atoms with Gasteiger partial charge in [0.1, 0.15) is 17.5 Å². The van der Waals surface area contributed by atoms with Crippen LogP contribution in [0.15, 0.2) is 29.5 Å². The Morgan fingerprint density at radius 3 is 2.83 bits per heavy atom. The molecule has 3 N–H and O–H groups in total. The van der Waals surface area contributed by atoms with Gasteiger partial charge in [0.2, 0.25) is 0 Å². The average Bonchev–Trinajstić information content (AvgIpc) is 2.91. The Morgan fingerprint density at radius 1 is 1.42 bits per heavy atom.